The Bertz CT molecular complexity index is 1630. The van der Waals surface area contributed by atoms with Crippen molar-refractivity contribution in [2.45, 2.75) is 64.5 Å². The number of nitrogens with one attached hydrogen (secondary N) is 1. The van der Waals surface area contributed by atoms with Gasteiger partial charge in [0.15, 0.2) is 5.82 Å². The first-order valence-corrected chi connectivity index (χ1v) is 15.5. The van der Waals surface area contributed by atoms with E-state index >= 15 is 4.39 Å². The van der Waals surface area contributed by atoms with E-state index in [0.29, 0.717) is 54.1 Å². The van der Waals surface area contributed by atoms with Crippen LogP contribution in [0.2, 0.25) is 5.02 Å². The molecule has 0 aliphatic carbocycles. The molecule has 11 heteroatoms. The van der Waals surface area contributed by atoms with Crippen molar-refractivity contribution >= 4 is 28.5 Å². The van der Waals surface area contributed by atoms with Gasteiger partial charge in [-0.15, -0.1) is 0 Å². The average molecular weight is 626 g/mol. The van der Waals surface area contributed by atoms with E-state index in [-0.39, 0.29) is 16.6 Å². The smallest absolute Gasteiger partial charge is 0.354 e. The summed E-state index contributed by atoms with van der Waals surface area (Å²) in [5, 5.41) is 0.641. The molecule has 0 radical (unpaired) electrons. The first kappa shape index (κ1) is 33.3. The van der Waals surface area contributed by atoms with Crippen molar-refractivity contribution in [3.05, 3.63) is 81.1 Å². The topological polar surface area (TPSA) is 118 Å². The Morgan fingerprint density at radius 3 is 2.61 bits per heavy atom. The van der Waals surface area contributed by atoms with E-state index in [9.17, 15) is 9.18 Å². The number of benzene rings is 2. The SMILES string of the molecule is CCCC(c1ccc(-n2cc3cc(-c4cc(CCCC(N)CF)cc(Cl)c4F)[nH]c3nc2=O)cc1)N(C)CCCN=C(C)N. The Balaban J connectivity index is 1.57. The number of nitrogens with two attached hydrogens (primary N) is 2. The van der Waals surface area contributed by atoms with Crippen LogP contribution < -0.4 is 17.2 Å². The number of aromatic amines is 1. The van der Waals surface area contributed by atoms with Crippen LogP contribution in [0.15, 0.2) is 58.4 Å². The highest BCUT2D eigenvalue weighted by molar-refractivity contribution is 6.31. The van der Waals surface area contributed by atoms with Gasteiger partial charge < -0.3 is 16.5 Å². The summed E-state index contributed by atoms with van der Waals surface area (Å²) in [5.74, 6) is 0.0312. The van der Waals surface area contributed by atoms with Gasteiger partial charge in [-0.1, -0.05) is 37.1 Å². The summed E-state index contributed by atoms with van der Waals surface area (Å²) < 4.78 is 29.3. The molecule has 0 amide bonds. The zero-order valence-corrected chi connectivity index (χ0v) is 26.4. The highest BCUT2D eigenvalue weighted by atomic mass is 35.5. The van der Waals surface area contributed by atoms with Crippen molar-refractivity contribution in [1.29, 1.82) is 0 Å². The number of nitrogens with zero attached hydrogens (tertiary/aromatic N) is 4. The van der Waals surface area contributed by atoms with Crippen LogP contribution in [0, 0.1) is 5.82 Å². The van der Waals surface area contributed by atoms with Crippen LogP contribution in [0.25, 0.3) is 28.0 Å². The predicted octanol–water partition coefficient (Wildman–Crippen LogP) is 6.33. The second kappa shape index (κ2) is 15.4. The molecule has 0 fully saturated rings. The molecular weight excluding hydrogens is 584 g/mol. The fraction of sp³-hybridized carbons (Fsp3) is 0.424. The molecule has 44 heavy (non-hydrogen) atoms. The maximum absolute atomic E-state index is 15.1. The number of hydrogen-bond acceptors (Lipinski definition) is 5. The van der Waals surface area contributed by atoms with Gasteiger partial charge >= 0.3 is 5.69 Å². The molecule has 5 N–H and O–H groups in total. The van der Waals surface area contributed by atoms with Gasteiger partial charge in [-0.3, -0.25) is 14.5 Å². The Morgan fingerprint density at radius 2 is 1.93 bits per heavy atom. The molecule has 0 aliphatic rings. The second-order valence-corrected chi connectivity index (χ2v) is 11.8. The summed E-state index contributed by atoms with van der Waals surface area (Å²) >= 11 is 6.23. The lowest BCUT2D eigenvalue weighted by molar-refractivity contribution is 0.230. The van der Waals surface area contributed by atoms with E-state index in [1.54, 1.807) is 31.3 Å². The number of rotatable bonds is 15. The normalized spacial score (nSPS) is 13.6. The van der Waals surface area contributed by atoms with Gasteiger partial charge in [-0.05, 0) is 87.5 Å². The van der Waals surface area contributed by atoms with Crippen molar-refractivity contribution in [2.24, 2.45) is 16.5 Å². The number of fused-ring (bicyclic) bond motifs is 1. The molecule has 2 aromatic heterocycles. The highest BCUT2D eigenvalue weighted by Gasteiger charge is 2.18. The Hall–Kier alpha value is -3.60. The number of amidine groups is 1. The molecule has 0 saturated heterocycles. The fourth-order valence-corrected chi connectivity index (χ4v) is 5.70. The lowest BCUT2D eigenvalue weighted by Gasteiger charge is -2.28. The fourth-order valence-electron chi connectivity index (χ4n) is 5.46. The van der Waals surface area contributed by atoms with Gasteiger partial charge in [0.2, 0.25) is 0 Å². The van der Waals surface area contributed by atoms with Crippen LogP contribution in [0.3, 0.4) is 0 Å². The van der Waals surface area contributed by atoms with Crippen molar-refractivity contribution in [1.82, 2.24) is 19.4 Å². The lowest BCUT2D eigenvalue weighted by Crippen LogP contribution is -2.26. The van der Waals surface area contributed by atoms with Crippen molar-refractivity contribution < 1.29 is 8.78 Å². The molecule has 0 bridgehead atoms. The summed E-state index contributed by atoms with van der Waals surface area (Å²) in [4.78, 5) is 27.0. The second-order valence-electron chi connectivity index (χ2n) is 11.4. The summed E-state index contributed by atoms with van der Waals surface area (Å²) in [5.41, 5.74) is 14.6. The molecular formula is C33H42ClF2N7O. The summed E-state index contributed by atoms with van der Waals surface area (Å²) in [7, 11) is 2.12. The number of aryl methyl sites for hydroxylation is 1. The van der Waals surface area contributed by atoms with E-state index in [1.807, 2.05) is 12.1 Å². The summed E-state index contributed by atoms with van der Waals surface area (Å²) in [6.07, 6.45) is 6.41. The van der Waals surface area contributed by atoms with Gasteiger partial charge in [0.05, 0.1) is 22.2 Å². The molecule has 0 saturated carbocycles. The predicted molar refractivity (Wildman–Crippen MR) is 176 cm³/mol. The monoisotopic (exact) mass is 625 g/mol. The quantitative estimate of drug-likeness (QED) is 0.0810. The van der Waals surface area contributed by atoms with Gasteiger partial charge in [0, 0.05) is 42.3 Å². The Morgan fingerprint density at radius 1 is 1.18 bits per heavy atom. The van der Waals surface area contributed by atoms with Crippen LogP contribution in [-0.2, 0) is 6.42 Å². The Kier molecular flexibility index (Phi) is 11.7. The minimum atomic E-state index is -0.577. The lowest BCUT2D eigenvalue weighted by atomic mass is 10.0. The standard InChI is InChI=1S/C33H42ClF2N7O/c1-4-7-30(42(3)15-6-14-39-21(2)37)23-10-12-26(13-11-23)43-20-24-18-29(40-32(24)41-33(43)44)27-16-22(17-28(34)31(27)36)8-5-9-25(38)19-35/h10-13,16-18,20,25,30H,4-9,14-15,19,38H2,1-3H3,(H2,37,39)(H,40,41,44). The zero-order valence-electron chi connectivity index (χ0n) is 25.6. The van der Waals surface area contributed by atoms with Crippen molar-refractivity contribution in [2.75, 3.05) is 26.8 Å². The van der Waals surface area contributed by atoms with E-state index in [0.717, 1.165) is 31.4 Å². The number of aromatic nitrogens is 3. The van der Waals surface area contributed by atoms with Crippen LogP contribution >= 0.6 is 11.6 Å². The number of aliphatic imine (C=N–C) groups is 1. The molecule has 2 aromatic carbocycles. The van der Waals surface area contributed by atoms with E-state index in [2.05, 4.69) is 46.0 Å². The molecule has 2 heterocycles. The molecule has 236 valence electrons. The molecule has 0 aliphatic heterocycles. The highest BCUT2D eigenvalue weighted by Crippen LogP contribution is 2.32. The van der Waals surface area contributed by atoms with Crippen molar-refractivity contribution in [3.8, 4) is 16.9 Å². The van der Waals surface area contributed by atoms with Gasteiger partial charge in [-0.2, -0.15) is 4.98 Å². The number of hydrogen-bond donors (Lipinski definition) is 3. The number of H-pyrrole nitrogens is 1. The van der Waals surface area contributed by atoms with Crippen LogP contribution in [0.1, 0.15) is 63.1 Å². The van der Waals surface area contributed by atoms with E-state index in [4.69, 9.17) is 23.1 Å². The average Bonchev–Trinajstić information content (AvgIpc) is 3.41. The minimum absolute atomic E-state index is 0.00949. The maximum atomic E-state index is 15.1. The largest absolute Gasteiger partial charge is 0.388 e. The number of halogens is 3. The van der Waals surface area contributed by atoms with Crippen LogP contribution in [0.5, 0.6) is 0 Å². The first-order chi connectivity index (χ1) is 21.1. The van der Waals surface area contributed by atoms with E-state index < -0.39 is 24.2 Å². The zero-order chi connectivity index (χ0) is 31.8. The molecule has 8 nitrogen and oxygen atoms in total. The summed E-state index contributed by atoms with van der Waals surface area (Å²) in [6, 6.07) is 12.7. The molecule has 2 atom stereocenters. The number of alkyl halides is 1. The van der Waals surface area contributed by atoms with Crippen LogP contribution in [-0.4, -0.2) is 58.1 Å². The third-order valence-corrected chi connectivity index (χ3v) is 8.08. The van der Waals surface area contributed by atoms with Crippen molar-refractivity contribution in [3.63, 3.8) is 0 Å². The molecule has 0 spiro atoms. The van der Waals surface area contributed by atoms with Gasteiger partial charge in [0.25, 0.3) is 0 Å². The van der Waals surface area contributed by atoms with Gasteiger partial charge in [0.1, 0.15) is 12.3 Å². The molecule has 4 rings (SSSR count). The van der Waals surface area contributed by atoms with Crippen LogP contribution in [0.4, 0.5) is 8.78 Å². The molecule has 4 aromatic rings. The Labute approximate surface area is 262 Å². The maximum Gasteiger partial charge on any atom is 0.354 e. The first-order valence-electron chi connectivity index (χ1n) is 15.1. The third-order valence-electron chi connectivity index (χ3n) is 7.81. The summed E-state index contributed by atoms with van der Waals surface area (Å²) in [6.45, 7) is 4.98. The third kappa shape index (κ3) is 8.31. The van der Waals surface area contributed by atoms with Gasteiger partial charge in [-0.25, -0.2) is 13.6 Å². The van der Waals surface area contributed by atoms with E-state index in [1.165, 1.54) is 10.1 Å². The molecule has 2 unspecified atom stereocenters. The minimum Gasteiger partial charge on any atom is -0.388 e.